The van der Waals surface area contributed by atoms with Crippen molar-refractivity contribution >= 4 is 22.5 Å². The number of rotatable bonds is 6. The number of nitrogens with one attached hydrogen (secondary N) is 1. The Morgan fingerprint density at radius 3 is 3.14 bits per heavy atom. The Labute approximate surface area is 131 Å². The number of ether oxygens (including phenoxy) is 1. The van der Waals surface area contributed by atoms with Gasteiger partial charge in [0.15, 0.2) is 0 Å². The molecule has 2 amide bonds. The van der Waals surface area contributed by atoms with Crippen LogP contribution in [-0.4, -0.2) is 47.5 Å². The van der Waals surface area contributed by atoms with Crippen LogP contribution in [0.15, 0.2) is 22.8 Å². The zero-order valence-electron chi connectivity index (χ0n) is 12.4. The first-order chi connectivity index (χ1) is 10.7. The van der Waals surface area contributed by atoms with Crippen molar-refractivity contribution in [3.63, 3.8) is 0 Å². The van der Waals surface area contributed by atoms with E-state index in [0.29, 0.717) is 30.0 Å². The summed E-state index contributed by atoms with van der Waals surface area (Å²) in [5.74, 6) is 0.814. The number of aromatic nitrogens is 2. The van der Waals surface area contributed by atoms with E-state index in [4.69, 9.17) is 9.15 Å². The number of anilines is 1. The second-order valence-corrected chi connectivity index (χ2v) is 5.71. The minimum atomic E-state index is -0.190. The van der Waals surface area contributed by atoms with Crippen molar-refractivity contribution in [1.29, 1.82) is 0 Å². The van der Waals surface area contributed by atoms with Gasteiger partial charge >= 0.3 is 6.03 Å². The van der Waals surface area contributed by atoms with Crippen molar-refractivity contribution in [3.05, 3.63) is 24.2 Å². The van der Waals surface area contributed by atoms with Gasteiger partial charge < -0.3 is 14.1 Å². The first-order valence-corrected chi connectivity index (χ1v) is 7.77. The van der Waals surface area contributed by atoms with Gasteiger partial charge in [-0.3, -0.25) is 5.32 Å². The van der Waals surface area contributed by atoms with E-state index < -0.39 is 0 Å². The number of nitrogens with zero attached hydrogens (tertiary/aromatic N) is 4. The van der Waals surface area contributed by atoms with Gasteiger partial charge in [-0.05, 0) is 30.4 Å². The topological polar surface area (TPSA) is 83.7 Å². The zero-order chi connectivity index (χ0) is 15.5. The van der Waals surface area contributed by atoms with Crippen LogP contribution in [0.2, 0.25) is 0 Å². The quantitative estimate of drug-likeness (QED) is 0.868. The van der Waals surface area contributed by atoms with Gasteiger partial charge in [-0.1, -0.05) is 5.10 Å². The zero-order valence-corrected chi connectivity index (χ0v) is 13.2. The van der Waals surface area contributed by atoms with Crippen LogP contribution in [-0.2, 0) is 6.54 Å². The van der Waals surface area contributed by atoms with Gasteiger partial charge in [0.25, 0.3) is 5.19 Å². The lowest BCUT2D eigenvalue weighted by Gasteiger charge is -2.20. The van der Waals surface area contributed by atoms with Crippen molar-refractivity contribution in [2.75, 3.05) is 25.1 Å². The SMILES string of the molecule is CCOc1nnc(N2C(=O)N(C)CC2NCc2ccco2)s1. The van der Waals surface area contributed by atoms with E-state index in [1.165, 1.54) is 11.3 Å². The molecule has 0 aromatic carbocycles. The summed E-state index contributed by atoms with van der Waals surface area (Å²) in [7, 11) is 1.76. The number of carbonyl (C=O) groups excluding carboxylic acids is 1. The molecule has 8 nitrogen and oxygen atoms in total. The Morgan fingerprint density at radius 2 is 2.41 bits per heavy atom. The second kappa shape index (κ2) is 6.32. The molecule has 0 aliphatic carbocycles. The molecular formula is C13H17N5O3S. The summed E-state index contributed by atoms with van der Waals surface area (Å²) < 4.78 is 10.6. The number of furan rings is 1. The fourth-order valence-corrected chi connectivity index (χ4v) is 3.02. The van der Waals surface area contributed by atoms with E-state index in [1.54, 1.807) is 23.1 Å². The van der Waals surface area contributed by atoms with E-state index in [-0.39, 0.29) is 12.2 Å². The van der Waals surface area contributed by atoms with E-state index in [1.807, 2.05) is 19.1 Å². The lowest BCUT2D eigenvalue weighted by atomic mass is 10.4. The number of carbonyl (C=O) groups is 1. The highest BCUT2D eigenvalue weighted by Gasteiger charge is 2.38. The van der Waals surface area contributed by atoms with Gasteiger partial charge in [-0.2, -0.15) is 0 Å². The van der Waals surface area contributed by atoms with Crippen LogP contribution in [0.4, 0.5) is 9.93 Å². The Hall–Kier alpha value is -2.13. The fourth-order valence-electron chi connectivity index (χ4n) is 2.22. The Kier molecular flexibility index (Phi) is 4.25. The number of urea groups is 1. The highest BCUT2D eigenvalue weighted by atomic mass is 32.1. The molecule has 22 heavy (non-hydrogen) atoms. The van der Waals surface area contributed by atoms with Crippen LogP contribution < -0.4 is 15.0 Å². The molecule has 3 rings (SSSR count). The van der Waals surface area contributed by atoms with E-state index in [2.05, 4.69) is 15.5 Å². The molecule has 0 saturated carbocycles. The van der Waals surface area contributed by atoms with E-state index in [0.717, 1.165) is 5.76 Å². The molecule has 1 aliphatic heterocycles. The minimum absolute atomic E-state index is 0.115. The first-order valence-electron chi connectivity index (χ1n) is 6.95. The molecule has 1 fully saturated rings. The fraction of sp³-hybridized carbons (Fsp3) is 0.462. The van der Waals surface area contributed by atoms with Gasteiger partial charge in [0.1, 0.15) is 11.9 Å². The highest BCUT2D eigenvalue weighted by Crippen LogP contribution is 2.30. The number of hydrogen-bond acceptors (Lipinski definition) is 7. The van der Waals surface area contributed by atoms with Crippen LogP contribution in [0, 0.1) is 0 Å². The molecular weight excluding hydrogens is 306 g/mol. The van der Waals surface area contributed by atoms with Gasteiger partial charge in [0.2, 0.25) is 5.13 Å². The largest absolute Gasteiger partial charge is 0.469 e. The maximum atomic E-state index is 12.3. The summed E-state index contributed by atoms with van der Waals surface area (Å²) in [4.78, 5) is 15.6. The maximum absolute atomic E-state index is 12.3. The molecule has 1 N–H and O–H groups in total. The Balaban J connectivity index is 1.74. The summed E-state index contributed by atoms with van der Waals surface area (Å²) in [6.07, 6.45) is 1.44. The third kappa shape index (κ3) is 2.90. The van der Waals surface area contributed by atoms with Crippen LogP contribution >= 0.6 is 11.3 Å². The molecule has 2 aromatic heterocycles. The lowest BCUT2D eigenvalue weighted by molar-refractivity contribution is 0.229. The van der Waals surface area contributed by atoms with Gasteiger partial charge in [-0.25, -0.2) is 9.69 Å². The average Bonchev–Trinajstić information content (AvgIpc) is 3.20. The van der Waals surface area contributed by atoms with Crippen molar-refractivity contribution in [2.45, 2.75) is 19.6 Å². The highest BCUT2D eigenvalue weighted by molar-refractivity contribution is 7.17. The third-order valence-corrected chi connectivity index (χ3v) is 4.09. The summed E-state index contributed by atoms with van der Waals surface area (Å²) in [6.45, 7) is 3.49. The minimum Gasteiger partial charge on any atom is -0.469 e. The molecule has 1 atom stereocenters. The second-order valence-electron chi connectivity index (χ2n) is 4.79. The predicted molar refractivity (Wildman–Crippen MR) is 80.9 cm³/mol. The third-order valence-electron chi connectivity index (χ3n) is 3.25. The predicted octanol–water partition coefficient (Wildman–Crippen LogP) is 1.52. The standard InChI is InChI=1S/C13H17N5O3S/c1-3-20-12-16-15-11(22-12)18-10(8-17(2)13(18)19)14-7-9-5-4-6-21-9/h4-6,10,14H,3,7-8H2,1-2H3. The van der Waals surface area contributed by atoms with Crippen molar-refractivity contribution in [3.8, 4) is 5.19 Å². The van der Waals surface area contributed by atoms with E-state index >= 15 is 0 Å². The van der Waals surface area contributed by atoms with Crippen LogP contribution in [0.3, 0.4) is 0 Å². The van der Waals surface area contributed by atoms with Crippen molar-refractivity contribution in [1.82, 2.24) is 20.4 Å². The number of likely N-dealkylation sites (N-methyl/N-ethyl adjacent to an activating group) is 1. The molecule has 3 heterocycles. The molecule has 0 bridgehead atoms. The summed E-state index contributed by atoms with van der Waals surface area (Å²) >= 11 is 1.26. The van der Waals surface area contributed by atoms with Crippen LogP contribution in [0.25, 0.3) is 0 Å². The lowest BCUT2D eigenvalue weighted by Crippen LogP contribution is -2.44. The maximum Gasteiger partial charge on any atom is 0.327 e. The smallest absolute Gasteiger partial charge is 0.327 e. The van der Waals surface area contributed by atoms with Crippen LogP contribution in [0.1, 0.15) is 12.7 Å². The molecule has 2 aromatic rings. The molecule has 118 valence electrons. The van der Waals surface area contributed by atoms with Crippen molar-refractivity contribution < 1.29 is 13.9 Å². The number of amides is 2. The molecule has 1 unspecified atom stereocenters. The number of hydrogen-bond donors (Lipinski definition) is 1. The summed E-state index contributed by atoms with van der Waals surface area (Å²) in [6, 6.07) is 3.60. The normalized spacial score (nSPS) is 18.3. The van der Waals surface area contributed by atoms with Crippen LogP contribution in [0.5, 0.6) is 5.19 Å². The first kappa shape index (κ1) is 14.8. The summed E-state index contributed by atoms with van der Waals surface area (Å²) in [5, 5.41) is 12.3. The van der Waals surface area contributed by atoms with Crippen molar-refractivity contribution in [2.24, 2.45) is 0 Å². The van der Waals surface area contributed by atoms with Gasteiger partial charge in [0, 0.05) is 7.05 Å². The summed E-state index contributed by atoms with van der Waals surface area (Å²) in [5.41, 5.74) is 0. The molecule has 1 saturated heterocycles. The van der Waals surface area contributed by atoms with Gasteiger partial charge in [0.05, 0.1) is 26.0 Å². The molecule has 1 aliphatic rings. The van der Waals surface area contributed by atoms with E-state index in [9.17, 15) is 4.79 Å². The Morgan fingerprint density at radius 1 is 1.55 bits per heavy atom. The molecule has 0 spiro atoms. The average molecular weight is 323 g/mol. The van der Waals surface area contributed by atoms with Gasteiger partial charge in [-0.15, -0.1) is 5.10 Å². The molecule has 0 radical (unpaired) electrons. The Bertz CT molecular complexity index is 629. The molecule has 9 heteroatoms. The monoisotopic (exact) mass is 323 g/mol.